The van der Waals surface area contributed by atoms with Crippen LogP contribution in [0.15, 0.2) is 48.8 Å². The van der Waals surface area contributed by atoms with Crippen LogP contribution >= 0.6 is 11.3 Å². The van der Waals surface area contributed by atoms with Crippen molar-refractivity contribution in [2.24, 2.45) is 5.92 Å². The quantitative estimate of drug-likeness (QED) is 0.692. The summed E-state index contributed by atoms with van der Waals surface area (Å²) < 4.78 is 13.1. The molecular formula is C18H17FN4OS. The molecule has 7 heteroatoms. The summed E-state index contributed by atoms with van der Waals surface area (Å²) >= 11 is 1.34. The molecule has 0 aliphatic heterocycles. The Morgan fingerprint density at radius 3 is 2.44 bits per heavy atom. The first-order valence-corrected chi connectivity index (χ1v) is 8.67. The normalized spacial score (nSPS) is 10.9. The lowest BCUT2D eigenvalue weighted by molar-refractivity contribution is 0.0983. The second kappa shape index (κ2) is 7.48. The second-order valence-electron chi connectivity index (χ2n) is 5.94. The van der Waals surface area contributed by atoms with Crippen LogP contribution in [0, 0.1) is 11.7 Å². The summed E-state index contributed by atoms with van der Waals surface area (Å²) in [4.78, 5) is 18.5. The van der Waals surface area contributed by atoms with Crippen LogP contribution in [0.1, 0.15) is 24.2 Å². The van der Waals surface area contributed by atoms with Crippen LogP contribution in [0.2, 0.25) is 0 Å². The fourth-order valence-corrected chi connectivity index (χ4v) is 3.15. The molecule has 1 aromatic carbocycles. The molecule has 0 aliphatic rings. The number of benzene rings is 1. The van der Waals surface area contributed by atoms with Gasteiger partial charge in [-0.25, -0.2) is 4.39 Å². The number of halogens is 1. The molecule has 0 saturated heterocycles. The van der Waals surface area contributed by atoms with Crippen molar-refractivity contribution in [3.63, 3.8) is 0 Å². The van der Waals surface area contributed by atoms with Crippen LogP contribution in [0.25, 0.3) is 10.6 Å². The van der Waals surface area contributed by atoms with Crippen molar-refractivity contribution in [3.05, 3.63) is 60.2 Å². The van der Waals surface area contributed by atoms with E-state index in [4.69, 9.17) is 0 Å². The van der Waals surface area contributed by atoms with Gasteiger partial charge in [-0.05, 0) is 42.3 Å². The highest BCUT2D eigenvalue weighted by atomic mass is 32.1. The average molecular weight is 356 g/mol. The molecule has 2 heterocycles. The molecule has 0 radical (unpaired) electrons. The third-order valence-corrected chi connectivity index (χ3v) is 4.45. The molecule has 0 N–H and O–H groups in total. The summed E-state index contributed by atoms with van der Waals surface area (Å²) in [5.41, 5.74) is 1.32. The zero-order chi connectivity index (χ0) is 17.8. The molecule has 0 aliphatic carbocycles. The number of anilines is 1. The molecule has 5 nitrogen and oxygen atoms in total. The minimum Gasteiger partial charge on any atom is -0.282 e. The molecule has 0 atom stereocenters. The average Bonchev–Trinajstić information content (AvgIpc) is 3.10. The Balaban J connectivity index is 1.92. The third-order valence-electron chi connectivity index (χ3n) is 3.46. The first-order valence-electron chi connectivity index (χ1n) is 7.86. The molecule has 0 spiro atoms. The maximum atomic E-state index is 13.1. The molecule has 0 saturated carbocycles. The van der Waals surface area contributed by atoms with Crippen molar-refractivity contribution in [1.29, 1.82) is 0 Å². The maximum absolute atomic E-state index is 13.1. The highest BCUT2D eigenvalue weighted by Gasteiger charge is 2.23. The number of pyridine rings is 1. The Kier molecular flexibility index (Phi) is 5.14. The van der Waals surface area contributed by atoms with Gasteiger partial charge >= 0.3 is 0 Å². The minimum atomic E-state index is -0.372. The smallest absolute Gasteiger partial charge is 0.260 e. The maximum Gasteiger partial charge on any atom is 0.260 e. The summed E-state index contributed by atoms with van der Waals surface area (Å²) in [5, 5.41) is 9.62. The number of hydrogen-bond donors (Lipinski definition) is 0. The minimum absolute atomic E-state index is 0.217. The summed E-state index contributed by atoms with van der Waals surface area (Å²) in [6.07, 6.45) is 3.37. The molecule has 0 bridgehead atoms. The Morgan fingerprint density at radius 2 is 1.80 bits per heavy atom. The fourth-order valence-electron chi connectivity index (χ4n) is 2.30. The van der Waals surface area contributed by atoms with Gasteiger partial charge in [0.05, 0.1) is 0 Å². The summed E-state index contributed by atoms with van der Waals surface area (Å²) in [7, 11) is 0. The summed E-state index contributed by atoms with van der Waals surface area (Å²) in [6, 6.07) is 9.22. The predicted octanol–water partition coefficient (Wildman–Crippen LogP) is 4.04. The van der Waals surface area contributed by atoms with Gasteiger partial charge in [0.2, 0.25) is 5.13 Å². The summed E-state index contributed by atoms with van der Waals surface area (Å²) in [5.74, 6) is -0.341. The SMILES string of the molecule is CC(C)CN(C(=O)c1ccc(F)cc1)c1nnc(-c2ccncc2)s1. The lowest BCUT2D eigenvalue weighted by Gasteiger charge is -2.21. The van der Waals surface area contributed by atoms with Crippen molar-refractivity contribution in [1.82, 2.24) is 15.2 Å². The molecule has 25 heavy (non-hydrogen) atoms. The summed E-state index contributed by atoms with van der Waals surface area (Å²) in [6.45, 7) is 4.55. The van der Waals surface area contributed by atoms with E-state index in [0.29, 0.717) is 17.2 Å². The first kappa shape index (κ1) is 17.2. The van der Waals surface area contributed by atoms with E-state index in [1.54, 1.807) is 17.3 Å². The number of aromatic nitrogens is 3. The number of hydrogen-bond acceptors (Lipinski definition) is 5. The number of nitrogens with zero attached hydrogens (tertiary/aromatic N) is 4. The largest absolute Gasteiger partial charge is 0.282 e. The second-order valence-corrected chi connectivity index (χ2v) is 6.90. The van der Waals surface area contributed by atoms with Gasteiger partial charge in [0.1, 0.15) is 10.8 Å². The molecule has 0 fully saturated rings. The van der Waals surface area contributed by atoms with Crippen molar-refractivity contribution in [2.75, 3.05) is 11.4 Å². The van der Waals surface area contributed by atoms with Crippen LogP contribution in [-0.2, 0) is 0 Å². The van der Waals surface area contributed by atoms with Crippen molar-refractivity contribution < 1.29 is 9.18 Å². The van der Waals surface area contributed by atoms with Gasteiger partial charge in [0.15, 0.2) is 0 Å². The lowest BCUT2D eigenvalue weighted by Crippen LogP contribution is -2.34. The van der Waals surface area contributed by atoms with Gasteiger partial charge in [-0.3, -0.25) is 14.7 Å². The lowest BCUT2D eigenvalue weighted by atomic mass is 10.1. The number of carbonyl (C=O) groups is 1. The number of rotatable bonds is 5. The van der Waals surface area contributed by atoms with Crippen LogP contribution in [-0.4, -0.2) is 27.6 Å². The van der Waals surface area contributed by atoms with Gasteiger partial charge in [-0.2, -0.15) is 0 Å². The first-order chi connectivity index (χ1) is 12.0. The Morgan fingerprint density at radius 1 is 1.12 bits per heavy atom. The standard InChI is InChI=1S/C18H17FN4OS/c1-12(2)11-23(17(24)14-3-5-15(19)6-4-14)18-22-21-16(25-18)13-7-9-20-10-8-13/h3-10,12H,11H2,1-2H3. The zero-order valence-corrected chi connectivity index (χ0v) is 14.7. The monoisotopic (exact) mass is 356 g/mol. The molecule has 3 rings (SSSR count). The molecule has 1 amide bonds. The zero-order valence-electron chi connectivity index (χ0n) is 13.9. The van der Waals surface area contributed by atoms with E-state index in [2.05, 4.69) is 15.2 Å². The highest BCUT2D eigenvalue weighted by Crippen LogP contribution is 2.29. The van der Waals surface area contributed by atoms with Gasteiger partial charge in [-0.15, -0.1) is 10.2 Å². The highest BCUT2D eigenvalue weighted by molar-refractivity contribution is 7.18. The van der Waals surface area contributed by atoms with E-state index >= 15 is 0 Å². The van der Waals surface area contributed by atoms with Crippen LogP contribution in [0.5, 0.6) is 0 Å². The topological polar surface area (TPSA) is 59.0 Å². The van der Waals surface area contributed by atoms with E-state index in [1.165, 1.54) is 35.6 Å². The van der Waals surface area contributed by atoms with Gasteiger partial charge in [-0.1, -0.05) is 25.2 Å². The van der Waals surface area contributed by atoms with Crippen LogP contribution in [0.4, 0.5) is 9.52 Å². The van der Waals surface area contributed by atoms with E-state index in [1.807, 2.05) is 26.0 Å². The Hall–Kier alpha value is -2.67. The van der Waals surface area contributed by atoms with Gasteiger partial charge in [0, 0.05) is 30.1 Å². The Labute approximate surface area is 149 Å². The molecular weight excluding hydrogens is 339 g/mol. The van der Waals surface area contributed by atoms with Crippen molar-refractivity contribution >= 4 is 22.4 Å². The van der Waals surface area contributed by atoms with E-state index in [9.17, 15) is 9.18 Å². The molecule has 128 valence electrons. The molecule has 3 aromatic rings. The van der Waals surface area contributed by atoms with Gasteiger partial charge in [0.25, 0.3) is 5.91 Å². The third kappa shape index (κ3) is 4.06. The van der Waals surface area contributed by atoms with E-state index in [0.717, 1.165) is 10.6 Å². The molecule has 0 unspecified atom stereocenters. The van der Waals surface area contributed by atoms with Crippen LogP contribution in [0.3, 0.4) is 0 Å². The predicted molar refractivity (Wildman–Crippen MR) is 96.1 cm³/mol. The van der Waals surface area contributed by atoms with E-state index < -0.39 is 0 Å². The molecule has 2 aromatic heterocycles. The van der Waals surface area contributed by atoms with Gasteiger partial charge < -0.3 is 0 Å². The van der Waals surface area contributed by atoms with Crippen molar-refractivity contribution in [2.45, 2.75) is 13.8 Å². The number of amides is 1. The van der Waals surface area contributed by atoms with Crippen molar-refractivity contribution in [3.8, 4) is 10.6 Å². The van der Waals surface area contributed by atoms with E-state index in [-0.39, 0.29) is 17.6 Å². The Bertz CT molecular complexity index is 849. The fraction of sp³-hybridized carbons (Fsp3) is 0.222. The van der Waals surface area contributed by atoms with Crippen LogP contribution < -0.4 is 4.90 Å². The number of carbonyl (C=O) groups excluding carboxylic acids is 1.